The number of unbranched alkanes of at least 4 members (excludes halogenated alkanes) is 2. The summed E-state index contributed by atoms with van der Waals surface area (Å²) >= 11 is 0. The summed E-state index contributed by atoms with van der Waals surface area (Å²) in [6, 6.07) is 14.9. The van der Waals surface area contributed by atoms with Gasteiger partial charge in [0.25, 0.3) is 0 Å². The molecule has 0 aliphatic rings. The number of carbonyl (C=O) groups is 1. The lowest BCUT2D eigenvalue weighted by Gasteiger charge is -2.31. The summed E-state index contributed by atoms with van der Waals surface area (Å²) in [6.45, 7) is 5.10. The van der Waals surface area contributed by atoms with Gasteiger partial charge in [-0.3, -0.25) is 10.2 Å². The Labute approximate surface area is 191 Å². The third-order valence-corrected chi connectivity index (χ3v) is 5.14. The van der Waals surface area contributed by atoms with Gasteiger partial charge in [0.05, 0.1) is 6.17 Å². The number of carbonyl (C=O) groups excluding carboxylic acids is 1. The van der Waals surface area contributed by atoms with Crippen molar-refractivity contribution in [2.45, 2.75) is 65.0 Å². The highest BCUT2D eigenvalue weighted by molar-refractivity contribution is 8.93. The number of nitrogens with two attached hydrogens (primary N) is 1. The van der Waals surface area contributed by atoms with E-state index < -0.39 is 6.03 Å². The molecule has 4 N–H and O–H groups in total. The first-order valence-electron chi connectivity index (χ1n) is 10.7. The fourth-order valence-electron chi connectivity index (χ4n) is 3.43. The van der Waals surface area contributed by atoms with Crippen molar-refractivity contribution >= 4 is 28.7 Å². The topological polar surface area (TPSA) is 78.6 Å². The maximum atomic E-state index is 12.2. The largest absolute Gasteiger partial charge is 0.508 e. The number of benzene rings is 2. The standard InChI is InChI=1S/C24H35N3O2.BrH/c1-3-5-7-19-9-11-20(12-10-19)17-18-26-23(8-6-4-2)27(24(25)29)21-13-15-22(28)16-14-21;/h9-16,23,26,28H,3-8,17-18H2,1-2H3,(H2,25,29);1H. The predicted molar refractivity (Wildman–Crippen MR) is 131 cm³/mol. The Balaban J connectivity index is 0.00000450. The molecule has 30 heavy (non-hydrogen) atoms. The van der Waals surface area contributed by atoms with Crippen LogP contribution in [0, 0.1) is 0 Å². The van der Waals surface area contributed by atoms with Crippen molar-refractivity contribution in [3.8, 4) is 5.75 Å². The zero-order valence-corrected chi connectivity index (χ0v) is 19.9. The molecule has 2 rings (SSSR count). The third kappa shape index (κ3) is 8.36. The van der Waals surface area contributed by atoms with E-state index in [2.05, 4.69) is 43.4 Å². The lowest BCUT2D eigenvalue weighted by Crippen LogP contribution is -2.51. The summed E-state index contributed by atoms with van der Waals surface area (Å²) in [4.78, 5) is 13.8. The molecule has 0 aliphatic heterocycles. The Hall–Kier alpha value is -2.05. The summed E-state index contributed by atoms with van der Waals surface area (Å²) < 4.78 is 0. The number of hydrogen-bond acceptors (Lipinski definition) is 3. The van der Waals surface area contributed by atoms with Gasteiger partial charge in [0.1, 0.15) is 5.75 Å². The monoisotopic (exact) mass is 477 g/mol. The zero-order chi connectivity index (χ0) is 21.1. The van der Waals surface area contributed by atoms with E-state index in [9.17, 15) is 9.90 Å². The van der Waals surface area contributed by atoms with Crippen molar-refractivity contribution in [2.75, 3.05) is 11.4 Å². The zero-order valence-electron chi connectivity index (χ0n) is 18.1. The van der Waals surface area contributed by atoms with Crippen LogP contribution in [0.5, 0.6) is 5.75 Å². The second kappa shape index (κ2) is 14.0. The Morgan fingerprint density at radius 1 is 0.967 bits per heavy atom. The van der Waals surface area contributed by atoms with Crippen LogP contribution >= 0.6 is 17.0 Å². The van der Waals surface area contributed by atoms with Gasteiger partial charge >= 0.3 is 6.03 Å². The predicted octanol–water partition coefficient (Wildman–Crippen LogP) is 5.55. The third-order valence-electron chi connectivity index (χ3n) is 5.14. The quantitative estimate of drug-likeness (QED) is 0.350. The van der Waals surface area contributed by atoms with E-state index in [1.165, 1.54) is 24.0 Å². The number of phenolic OH excluding ortho intramolecular Hbond substituents is 1. The molecular weight excluding hydrogens is 442 g/mol. The molecule has 0 aliphatic carbocycles. The van der Waals surface area contributed by atoms with Gasteiger partial charge in [-0.1, -0.05) is 57.4 Å². The van der Waals surface area contributed by atoms with Crippen LogP contribution in [0.1, 0.15) is 57.1 Å². The minimum Gasteiger partial charge on any atom is -0.508 e. The van der Waals surface area contributed by atoms with Gasteiger partial charge in [-0.2, -0.15) is 0 Å². The number of hydrogen-bond donors (Lipinski definition) is 3. The Morgan fingerprint density at radius 2 is 1.53 bits per heavy atom. The average Bonchev–Trinajstić information content (AvgIpc) is 2.72. The van der Waals surface area contributed by atoms with Gasteiger partial charge in [-0.15, -0.1) is 17.0 Å². The maximum absolute atomic E-state index is 12.2. The number of nitrogens with zero attached hydrogens (tertiary/aromatic N) is 1. The van der Waals surface area contributed by atoms with E-state index in [1.54, 1.807) is 29.2 Å². The van der Waals surface area contributed by atoms with Crippen molar-refractivity contribution in [1.82, 2.24) is 5.32 Å². The first kappa shape index (κ1) is 26.0. The van der Waals surface area contributed by atoms with Crippen molar-refractivity contribution < 1.29 is 9.90 Å². The molecule has 0 radical (unpaired) electrons. The molecule has 6 heteroatoms. The number of aryl methyl sites for hydroxylation is 1. The summed E-state index contributed by atoms with van der Waals surface area (Å²) in [5, 5.41) is 13.1. The van der Waals surface area contributed by atoms with Crippen molar-refractivity contribution in [2.24, 2.45) is 5.73 Å². The molecule has 1 atom stereocenters. The van der Waals surface area contributed by atoms with Crippen LogP contribution in [-0.4, -0.2) is 23.8 Å². The first-order valence-corrected chi connectivity index (χ1v) is 10.7. The van der Waals surface area contributed by atoms with Crippen LogP contribution in [-0.2, 0) is 12.8 Å². The second-order valence-electron chi connectivity index (χ2n) is 7.51. The first-order chi connectivity index (χ1) is 14.0. The molecule has 0 aromatic heterocycles. The number of halogens is 1. The van der Waals surface area contributed by atoms with Gasteiger partial charge in [-0.05, 0) is 61.1 Å². The van der Waals surface area contributed by atoms with E-state index >= 15 is 0 Å². The van der Waals surface area contributed by atoms with Gasteiger partial charge < -0.3 is 10.8 Å². The van der Waals surface area contributed by atoms with Crippen LogP contribution < -0.4 is 16.0 Å². The van der Waals surface area contributed by atoms with Crippen LogP contribution in [0.3, 0.4) is 0 Å². The van der Waals surface area contributed by atoms with Gasteiger partial charge in [0.2, 0.25) is 0 Å². The molecule has 1 unspecified atom stereocenters. The van der Waals surface area contributed by atoms with Crippen molar-refractivity contribution in [1.29, 1.82) is 0 Å². The molecular formula is C24H36BrN3O2. The highest BCUT2D eigenvalue weighted by Gasteiger charge is 2.22. The highest BCUT2D eigenvalue weighted by atomic mass is 79.9. The summed E-state index contributed by atoms with van der Waals surface area (Å²) in [6.07, 6.45) is 7.12. The molecule has 0 bridgehead atoms. The van der Waals surface area contributed by atoms with Gasteiger partial charge in [-0.25, -0.2) is 4.79 Å². The van der Waals surface area contributed by atoms with Crippen LogP contribution in [0.2, 0.25) is 0 Å². The number of anilines is 1. The molecule has 2 aromatic rings. The normalized spacial score (nSPS) is 11.5. The average molecular weight is 478 g/mol. The van der Waals surface area contributed by atoms with E-state index in [4.69, 9.17) is 5.73 Å². The summed E-state index contributed by atoms with van der Waals surface area (Å²) in [5.74, 6) is 0.165. The maximum Gasteiger partial charge on any atom is 0.320 e. The van der Waals surface area contributed by atoms with Crippen molar-refractivity contribution in [3.05, 3.63) is 59.7 Å². The number of nitrogens with one attached hydrogen (secondary N) is 1. The van der Waals surface area contributed by atoms with Crippen LogP contribution in [0.4, 0.5) is 10.5 Å². The molecule has 5 nitrogen and oxygen atoms in total. The second-order valence-corrected chi connectivity index (χ2v) is 7.51. The minimum absolute atomic E-state index is 0. The van der Waals surface area contributed by atoms with Gasteiger partial charge in [0.15, 0.2) is 0 Å². The fraction of sp³-hybridized carbons (Fsp3) is 0.458. The number of phenols is 1. The highest BCUT2D eigenvalue weighted by Crippen LogP contribution is 2.22. The number of rotatable bonds is 12. The molecule has 0 saturated carbocycles. The smallest absolute Gasteiger partial charge is 0.320 e. The number of urea groups is 1. The molecule has 2 aromatic carbocycles. The fourth-order valence-corrected chi connectivity index (χ4v) is 3.43. The SMILES string of the molecule is Br.CCCCc1ccc(CCNC(CCCC)N(C(N)=O)c2ccc(O)cc2)cc1. The number of aromatic hydroxyl groups is 1. The molecule has 0 saturated heterocycles. The molecule has 2 amide bonds. The van der Waals surface area contributed by atoms with E-state index in [-0.39, 0.29) is 28.9 Å². The number of primary amides is 1. The van der Waals surface area contributed by atoms with Crippen LogP contribution in [0.15, 0.2) is 48.5 Å². The molecule has 166 valence electrons. The van der Waals surface area contributed by atoms with E-state index in [0.717, 1.165) is 38.6 Å². The lowest BCUT2D eigenvalue weighted by molar-refractivity contribution is 0.249. The Kier molecular flexibility index (Phi) is 12.2. The Morgan fingerprint density at radius 3 is 2.07 bits per heavy atom. The summed E-state index contributed by atoms with van der Waals surface area (Å²) in [7, 11) is 0. The van der Waals surface area contributed by atoms with Gasteiger partial charge in [0, 0.05) is 12.2 Å². The molecule has 0 fully saturated rings. The van der Waals surface area contributed by atoms with Crippen molar-refractivity contribution in [3.63, 3.8) is 0 Å². The van der Waals surface area contributed by atoms with E-state index in [1.807, 2.05) is 0 Å². The minimum atomic E-state index is -0.496. The molecule has 0 heterocycles. The molecule has 0 spiro atoms. The summed E-state index contributed by atoms with van der Waals surface area (Å²) in [5.41, 5.74) is 9.05. The lowest BCUT2D eigenvalue weighted by atomic mass is 10.0. The number of amides is 2. The Bertz CT molecular complexity index is 735. The van der Waals surface area contributed by atoms with Crippen LogP contribution in [0.25, 0.3) is 0 Å². The van der Waals surface area contributed by atoms with E-state index in [0.29, 0.717) is 5.69 Å².